The Balaban J connectivity index is 1.55. The highest BCUT2D eigenvalue weighted by molar-refractivity contribution is 9.10. The van der Waals surface area contributed by atoms with Gasteiger partial charge in [-0.15, -0.1) is 4.68 Å². The van der Waals surface area contributed by atoms with E-state index in [0.29, 0.717) is 44.7 Å². The lowest BCUT2D eigenvalue weighted by Crippen LogP contribution is -2.32. The van der Waals surface area contributed by atoms with Crippen LogP contribution in [0.2, 0.25) is 0 Å². The molecule has 1 amide bonds. The molecule has 3 aromatic carbocycles. The maximum absolute atomic E-state index is 12.7. The molecule has 0 fully saturated rings. The summed E-state index contributed by atoms with van der Waals surface area (Å²) in [5.74, 6) is 0.406. The van der Waals surface area contributed by atoms with Gasteiger partial charge in [0.05, 0.1) is 23.7 Å². The summed E-state index contributed by atoms with van der Waals surface area (Å²) in [6.07, 6.45) is 1.37. The van der Waals surface area contributed by atoms with Gasteiger partial charge in [-0.3, -0.25) is 9.59 Å². The van der Waals surface area contributed by atoms with Crippen molar-refractivity contribution in [1.29, 1.82) is 0 Å². The SMILES string of the molecule is CCOc1cc(C=Nn2c(=O)[nH]c3ccccc3c2=O)c(Br)cc1OCC(=O)Nc1ccc(C)cc1. The van der Waals surface area contributed by atoms with Crippen LogP contribution in [0.4, 0.5) is 5.69 Å². The summed E-state index contributed by atoms with van der Waals surface area (Å²) in [5, 5.41) is 7.21. The number of halogens is 1. The van der Waals surface area contributed by atoms with Crippen molar-refractivity contribution in [3.63, 3.8) is 0 Å². The highest BCUT2D eigenvalue weighted by atomic mass is 79.9. The fraction of sp³-hybridized carbons (Fsp3) is 0.154. The molecule has 4 rings (SSSR count). The van der Waals surface area contributed by atoms with Gasteiger partial charge in [-0.05, 0) is 66.2 Å². The van der Waals surface area contributed by atoms with Crippen LogP contribution in [-0.2, 0) is 4.79 Å². The van der Waals surface area contributed by atoms with Crippen LogP contribution >= 0.6 is 15.9 Å². The van der Waals surface area contributed by atoms with Crippen LogP contribution in [0, 0.1) is 6.92 Å². The molecule has 0 aliphatic carbocycles. The molecular formula is C26H23BrN4O5. The van der Waals surface area contributed by atoms with Gasteiger partial charge < -0.3 is 19.8 Å². The number of rotatable bonds is 8. The minimum Gasteiger partial charge on any atom is -0.490 e. The topological polar surface area (TPSA) is 115 Å². The quantitative estimate of drug-likeness (QED) is 0.321. The maximum atomic E-state index is 12.7. The lowest BCUT2D eigenvalue weighted by Gasteiger charge is -2.14. The third-order valence-corrected chi connectivity index (χ3v) is 5.84. The molecule has 10 heteroatoms. The molecule has 0 aliphatic heterocycles. The van der Waals surface area contributed by atoms with E-state index in [2.05, 4.69) is 31.3 Å². The van der Waals surface area contributed by atoms with E-state index in [0.717, 1.165) is 10.2 Å². The van der Waals surface area contributed by atoms with Crippen LogP contribution in [0.1, 0.15) is 18.1 Å². The van der Waals surface area contributed by atoms with Gasteiger partial charge in [0, 0.05) is 15.7 Å². The number of aromatic nitrogens is 2. The zero-order valence-corrected chi connectivity index (χ0v) is 21.2. The van der Waals surface area contributed by atoms with Crippen molar-refractivity contribution in [2.45, 2.75) is 13.8 Å². The fourth-order valence-electron chi connectivity index (χ4n) is 3.39. The highest BCUT2D eigenvalue weighted by Gasteiger charge is 2.13. The van der Waals surface area contributed by atoms with Gasteiger partial charge in [-0.1, -0.05) is 29.8 Å². The molecule has 36 heavy (non-hydrogen) atoms. The molecule has 0 atom stereocenters. The van der Waals surface area contributed by atoms with Crippen molar-refractivity contribution >= 4 is 44.6 Å². The Morgan fingerprint density at radius 1 is 1.08 bits per heavy atom. The largest absolute Gasteiger partial charge is 0.490 e. The zero-order chi connectivity index (χ0) is 25.7. The number of aromatic amines is 1. The number of nitrogens with zero attached hydrogens (tertiary/aromatic N) is 2. The van der Waals surface area contributed by atoms with Gasteiger partial charge in [0.15, 0.2) is 18.1 Å². The first-order valence-corrected chi connectivity index (χ1v) is 11.9. The smallest absolute Gasteiger partial charge is 0.349 e. The van der Waals surface area contributed by atoms with Crippen LogP contribution in [0.5, 0.6) is 11.5 Å². The molecule has 0 bridgehead atoms. The second-order valence-electron chi connectivity index (χ2n) is 7.79. The Bertz CT molecular complexity index is 1560. The Labute approximate surface area is 214 Å². The van der Waals surface area contributed by atoms with Gasteiger partial charge in [-0.25, -0.2) is 4.79 Å². The Kier molecular flexibility index (Phi) is 7.65. The van der Waals surface area contributed by atoms with Crippen LogP contribution < -0.4 is 26.0 Å². The van der Waals surface area contributed by atoms with Gasteiger partial charge in [0.2, 0.25) is 0 Å². The lowest BCUT2D eigenvalue weighted by atomic mass is 10.2. The summed E-state index contributed by atoms with van der Waals surface area (Å²) in [6, 6.07) is 17.4. The second kappa shape index (κ2) is 11.0. The van der Waals surface area contributed by atoms with E-state index < -0.39 is 11.2 Å². The number of carbonyl (C=O) groups excluding carboxylic acids is 1. The number of ether oxygens (including phenoxy) is 2. The first-order chi connectivity index (χ1) is 17.4. The molecular weight excluding hydrogens is 528 g/mol. The third-order valence-electron chi connectivity index (χ3n) is 5.15. The molecule has 184 valence electrons. The van der Waals surface area contributed by atoms with Crippen LogP contribution in [-0.4, -0.2) is 35.0 Å². The van der Waals surface area contributed by atoms with E-state index in [1.165, 1.54) is 6.21 Å². The molecule has 1 aromatic heterocycles. The number of carbonyl (C=O) groups is 1. The highest BCUT2D eigenvalue weighted by Crippen LogP contribution is 2.33. The number of H-pyrrole nitrogens is 1. The Morgan fingerprint density at radius 2 is 1.81 bits per heavy atom. The van der Waals surface area contributed by atoms with Gasteiger partial charge in [-0.2, -0.15) is 5.10 Å². The Hall–Kier alpha value is -4.18. The molecule has 0 aliphatic rings. The summed E-state index contributed by atoms with van der Waals surface area (Å²) in [6.45, 7) is 3.91. The summed E-state index contributed by atoms with van der Waals surface area (Å²) in [5.41, 5.74) is 1.54. The molecule has 4 aromatic rings. The average molecular weight is 551 g/mol. The third kappa shape index (κ3) is 5.72. The van der Waals surface area contributed by atoms with E-state index in [-0.39, 0.29) is 12.5 Å². The number of fused-ring (bicyclic) bond motifs is 1. The summed E-state index contributed by atoms with van der Waals surface area (Å²) >= 11 is 3.45. The van der Waals surface area contributed by atoms with E-state index in [1.807, 2.05) is 38.1 Å². The zero-order valence-electron chi connectivity index (χ0n) is 19.6. The number of hydrogen-bond acceptors (Lipinski definition) is 6. The van der Waals surface area contributed by atoms with Crippen molar-refractivity contribution in [2.24, 2.45) is 5.10 Å². The molecule has 0 spiro atoms. The number of para-hydroxylation sites is 1. The van der Waals surface area contributed by atoms with E-state index in [4.69, 9.17) is 9.47 Å². The molecule has 1 heterocycles. The lowest BCUT2D eigenvalue weighted by molar-refractivity contribution is -0.118. The van der Waals surface area contributed by atoms with E-state index >= 15 is 0 Å². The standard InChI is InChI=1S/C26H23BrN4O5/c1-3-35-22-12-17(14-28-31-25(33)19-6-4-5-7-21(19)30-26(31)34)20(27)13-23(22)36-15-24(32)29-18-10-8-16(2)9-11-18/h4-14H,3,15H2,1-2H3,(H,29,32)(H,30,34). The minimum atomic E-state index is -0.657. The summed E-state index contributed by atoms with van der Waals surface area (Å²) in [4.78, 5) is 40.1. The molecule has 2 N–H and O–H groups in total. The normalized spacial score (nSPS) is 11.1. The average Bonchev–Trinajstić information content (AvgIpc) is 2.86. The number of anilines is 1. The van der Waals surface area contributed by atoms with E-state index in [9.17, 15) is 14.4 Å². The fourth-order valence-corrected chi connectivity index (χ4v) is 3.81. The van der Waals surface area contributed by atoms with E-state index in [1.54, 1.807) is 36.4 Å². The predicted molar refractivity (Wildman–Crippen MR) is 142 cm³/mol. The summed E-state index contributed by atoms with van der Waals surface area (Å²) in [7, 11) is 0. The predicted octanol–water partition coefficient (Wildman–Crippen LogP) is 4.06. The van der Waals surface area contributed by atoms with Crippen molar-refractivity contribution in [3.8, 4) is 11.5 Å². The van der Waals surface area contributed by atoms with Crippen LogP contribution in [0.3, 0.4) is 0 Å². The van der Waals surface area contributed by atoms with Gasteiger partial charge in [0.25, 0.3) is 11.5 Å². The van der Waals surface area contributed by atoms with Crippen LogP contribution in [0.25, 0.3) is 10.9 Å². The summed E-state index contributed by atoms with van der Waals surface area (Å²) < 4.78 is 12.7. The molecule has 0 saturated carbocycles. The molecule has 0 radical (unpaired) electrons. The van der Waals surface area contributed by atoms with Crippen molar-refractivity contribution in [1.82, 2.24) is 9.66 Å². The minimum absolute atomic E-state index is 0.227. The van der Waals surface area contributed by atoms with Crippen molar-refractivity contribution in [2.75, 3.05) is 18.5 Å². The van der Waals surface area contributed by atoms with Crippen LogP contribution in [0.15, 0.2) is 79.8 Å². The molecule has 0 saturated heterocycles. The maximum Gasteiger partial charge on any atom is 0.349 e. The molecule has 9 nitrogen and oxygen atoms in total. The van der Waals surface area contributed by atoms with Gasteiger partial charge in [0.1, 0.15) is 0 Å². The number of hydrogen-bond donors (Lipinski definition) is 2. The monoisotopic (exact) mass is 550 g/mol. The first-order valence-electron chi connectivity index (χ1n) is 11.1. The number of benzene rings is 3. The number of aryl methyl sites for hydroxylation is 1. The van der Waals surface area contributed by atoms with Gasteiger partial charge >= 0.3 is 5.69 Å². The number of amides is 1. The second-order valence-corrected chi connectivity index (χ2v) is 8.65. The van der Waals surface area contributed by atoms with Crippen molar-refractivity contribution in [3.05, 3.63) is 97.1 Å². The van der Waals surface area contributed by atoms with Crippen molar-refractivity contribution < 1.29 is 14.3 Å². The Morgan fingerprint density at radius 3 is 2.56 bits per heavy atom. The first kappa shape index (κ1) is 24.9. The number of nitrogens with one attached hydrogen (secondary N) is 2. The molecule has 0 unspecified atom stereocenters.